The van der Waals surface area contributed by atoms with E-state index in [1.54, 1.807) is 49.4 Å². The van der Waals surface area contributed by atoms with E-state index in [2.05, 4.69) is 4.99 Å². The van der Waals surface area contributed by atoms with Crippen LogP contribution in [-0.4, -0.2) is 45.1 Å². The lowest BCUT2D eigenvalue weighted by Gasteiger charge is -2.27. The van der Waals surface area contributed by atoms with E-state index in [0.29, 0.717) is 28.9 Å². The van der Waals surface area contributed by atoms with Gasteiger partial charge < -0.3 is 14.7 Å². The zero-order valence-electron chi connectivity index (χ0n) is 20.1. The minimum Gasteiger partial charge on any atom is -0.497 e. The van der Waals surface area contributed by atoms with Gasteiger partial charge >= 0.3 is 10.1 Å². The Balaban J connectivity index is 1.90. The molecule has 2 N–H and O–H groups in total. The number of carbonyl (C=O) groups is 1. The highest BCUT2D eigenvalue weighted by molar-refractivity contribution is 7.87. The highest BCUT2D eigenvalue weighted by Crippen LogP contribution is 2.42. The number of likely N-dealkylation sites (N-methyl/N-ethyl adjacent to an activating group) is 1. The SMILES string of the molecule is CCCS(=O)(=O)Oc1cccc(C2(c3ccc(F)c(-c4cccc(OC)c4)c3)N=C(N)N(C)C2=O)c1. The van der Waals surface area contributed by atoms with Gasteiger partial charge in [-0.15, -0.1) is 0 Å². The molecule has 0 radical (unpaired) electrons. The fourth-order valence-electron chi connectivity index (χ4n) is 4.16. The molecular formula is C26H26FN3O5S. The number of aliphatic imine (C=N–C) groups is 1. The molecule has 188 valence electrons. The van der Waals surface area contributed by atoms with Crippen LogP contribution >= 0.6 is 0 Å². The summed E-state index contributed by atoms with van der Waals surface area (Å²) in [7, 11) is -0.814. The third-order valence-electron chi connectivity index (χ3n) is 5.93. The largest absolute Gasteiger partial charge is 0.497 e. The van der Waals surface area contributed by atoms with Gasteiger partial charge in [0.25, 0.3) is 5.91 Å². The van der Waals surface area contributed by atoms with Crippen LogP contribution < -0.4 is 14.7 Å². The van der Waals surface area contributed by atoms with Gasteiger partial charge in [-0.25, -0.2) is 9.38 Å². The number of halogens is 1. The van der Waals surface area contributed by atoms with Gasteiger partial charge in [0, 0.05) is 12.6 Å². The molecule has 0 fully saturated rings. The lowest BCUT2D eigenvalue weighted by atomic mass is 9.81. The molecule has 1 amide bonds. The molecule has 4 rings (SSSR count). The van der Waals surface area contributed by atoms with Crippen LogP contribution in [-0.2, 0) is 20.5 Å². The molecule has 1 atom stereocenters. The summed E-state index contributed by atoms with van der Waals surface area (Å²) in [6, 6.07) is 17.3. The first-order chi connectivity index (χ1) is 17.1. The van der Waals surface area contributed by atoms with Gasteiger partial charge in [-0.05, 0) is 59.5 Å². The van der Waals surface area contributed by atoms with Crippen molar-refractivity contribution in [3.63, 3.8) is 0 Å². The summed E-state index contributed by atoms with van der Waals surface area (Å²) in [6.07, 6.45) is 0.388. The number of carbonyl (C=O) groups excluding carboxylic acids is 1. The van der Waals surface area contributed by atoms with Crippen molar-refractivity contribution in [2.75, 3.05) is 19.9 Å². The van der Waals surface area contributed by atoms with E-state index in [9.17, 15) is 17.6 Å². The van der Waals surface area contributed by atoms with Crippen LogP contribution in [0.5, 0.6) is 11.5 Å². The summed E-state index contributed by atoms with van der Waals surface area (Å²) in [5.74, 6) is -0.581. The Morgan fingerprint density at radius 3 is 2.39 bits per heavy atom. The molecule has 0 saturated carbocycles. The number of guanidine groups is 1. The molecule has 36 heavy (non-hydrogen) atoms. The number of nitrogens with two attached hydrogens (primary N) is 1. The molecule has 10 heteroatoms. The van der Waals surface area contributed by atoms with Crippen LogP contribution in [0.1, 0.15) is 24.5 Å². The van der Waals surface area contributed by atoms with Crippen LogP contribution in [0.25, 0.3) is 11.1 Å². The summed E-state index contributed by atoms with van der Waals surface area (Å²) >= 11 is 0. The topological polar surface area (TPSA) is 111 Å². The molecule has 3 aromatic rings. The number of nitrogens with zero attached hydrogens (tertiary/aromatic N) is 2. The number of hydrogen-bond acceptors (Lipinski definition) is 7. The van der Waals surface area contributed by atoms with Crippen molar-refractivity contribution in [2.24, 2.45) is 10.7 Å². The van der Waals surface area contributed by atoms with Crippen molar-refractivity contribution in [1.29, 1.82) is 0 Å². The van der Waals surface area contributed by atoms with Crippen molar-refractivity contribution in [2.45, 2.75) is 18.9 Å². The van der Waals surface area contributed by atoms with Crippen molar-refractivity contribution < 1.29 is 26.5 Å². The fourth-order valence-corrected chi connectivity index (χ4v) is 5.14. The van der Waals surface area contributed by atoms with Crippen LogP contribution in [0, 0.1) is 5.82 Å². The van der Waals surface area contributed by atoms with E-state index in [0.717, 1.165) is 0 Å². The van der Waals surface area contributed by atoms with E-state index < -0.39 is 27.4 Å². The normalized spacial score (nSPS) is 17.7. The van der Waals surface area contributed by atoms with E-state index in [1.807, 2.05) is 0 Å². The second kappa shape index (κ2) is 9.62. The maximum Gasteiger partial charge on any atom is 0.309 e. The molecular weight excluding hydrogens is 485 g/mol. The minimum atomic E-state index is -3.82. The molecule has 1 aliphatic rings. The van der Waals surface area contributed by atoms with Crippen molar-refractivity contribution in [3.8, 4) is 22.6 Å². The number of benzene rings is 3. The second-order valence-corrected chi connectivity index (χ2v) is 10.0. The molecule has 0 aliphatic carbocycles. The highest BCUT2D eigenvalue weighted by Gasteiger charge is 2.50. The summed E-state index contributed by atoms with van der Waals surface area (Å²) in [6.45, 7) is 1.73. The molecule has 1 aliphatic heterocycles. The zero-order valence-corrected chi connectivity index (χ0v) is 20.9. The molecule has 3 aromatic carbocycles. The van der Waals surface area contributed by atoms with E-state index in [1.165, 1.54) is 43.3 Å². The standard InChI is InChI=1S/C26H26FN3O5S/c1-4-13-36(32,33)35-21-10-6-8-18(15-21)26(24(31)30(2)25(28)29-26)19-11-12-23(27)22(16-19)17-7-5-9-20(14-17)34-3/h5-12,14-16H,4,13H2,1-3H3,(H2,28,29). The first-order valence-electron chi connectivity index (χ1n) is 11.2. The van der Waals surface area contributed by atoms with Gasteiger partial charge in [-0.3, -0.25) is 9.69 Å². The smallest absolute Gasteiger partial charge is 0.309 e. The Bertz CT molecular complexity index is 1460. The molecule has 0 saturated heterocycles. The van der Waals surface area contributed by atoms with E-state index in [-0.39, 0.29) is 23.0 Å². The van der Waals surface area contributed by atoms with Gasteiger partial charge in [-0.1, -0.05) is 37.3 Å². The monoisotopic (exact) mass is 511 g/mol. The van der Waals surface area contributed by atoms with Crippen LogP contribution in [0.2, 0.25) is 0 Å². The van der Waals surface area contributed by atoms with E-state index in [4.69, 9.17) is 14.7 Å². The number of hydrogen-bond donors (Lipinski definition) is 1. The quantitative estimate of drug-likeness (QED) is 0.462. The first kappa shape index (κ1) is 25.2. The molecule has 0 aromatic heterocycles. The highest BCUT2D eigenvalue weighted by atomic mass is 32.2. The van der Waals surface area contributed by atoms with E-state index >= 15 is 0 Å². The molecule has 1 heterocycles. The molecule has 1 unspecified atom stereocenters. The van der Waals surface area contributed by atoms with Crippen LogP contribution in [0.15, 0.2) is 71.7 Å². The number of amides is 1. The van der Waals surface area contributed by atoms with Crippen LogP contribution in [0.3, 0.4) is 0 Å². The average molecular weight is 512 g/mol. The van der Waals surface area contributed by atoms with Crippen LogP contribution in [0.4, 0.5) is 4.39 Å². The summed E-state index contributed by atoms with van der Waals surface area (Å²) in [4.78, 5) is 19.3. The minimum absolute atomic E-state index is 0.0304. The number of rotatable bonds is 8. The Morgan fingerprint density at radius 1 is 1.03 bits per heavy atom. The van der Waals surface area contributed by atoms with Crippen molar-refractivity contribution in [3.05, 3.63) is 83.7 Å². The Labute approximate surface area is 209 Å². The van der Waals surface area contributed by atoms with Gasteiger partial charge in [0.15, 0.2) is 11.5 Å². The zero-order chi connectivity index (χ0) is 26.1. The first-order valence-corrected chi connectivity index (χ1v) is 12.8. The summed E-state index contributed by atoms with van der Waals surface area (Å²) < 4.78 is 50.0. The Kier molecular flexibility index (Phi) is 6.73. The maximum absolute atomic E-state index is 15.0. The molecule has 0 bridgehead atoms. The van der Waals surface area contributed by atoms with Crippen molar-refractivity contribution >= 4 is 22.0 Å². The third kappa shape index (κ3) is 4.51. The maximum atomic E-state index is 15.0. The number of methoxy groups -OCH3 is 1. The second-order valence-electron chi connectivity index (χ2n) is 8.34. The average Bonchev–Trinajstić information content (AvgIpc) is 3.09. The van der Waals surface area contributed by atoms with Gasteiger partial charge in [0.2, 0.25) is 0 Å². The lowest BCUT2D eigenvalue weighted by Crippen LogP contribution is -2.41. The predicted molar refractivity (Wildman–Crippen MR) is 135 cm³/mol. The van der Waals surface area contributed by atoms with Crippen molar-refractivity contribution in [1.82, 2.24) is 4.90 Å². The Morgan fingerprint density at radius 2 is 1.72 bits per heavy atom. The summed E-state index contributed by atoms with van der Waals surface area (Å²) in [5, 5.41) is 0. The fraction of sp³-hybridized carbons (Fsp3) is 0.231. The Hall–Kier alpha value is -3.92. The van der Waals surface area contributed by atoms with Gasteiger partial charge in [0.1, 0.15) is 17.3 Å². The van der Waals surface area contributed by atoms with Gasteiger partial charge in [-0.2, -0.15) is 8.42 Å². The van der Waals surface area contributed by atoms with Gasteiger partial charge in [0.05, 0.1) is 12.9 Å². The molecule has 8 nitrogen and oxygen atoms in total. The summed E-state index contributed by atoms with van der Waals surface area (Å²) in [5.41, 5.74) is 5.84. The molecule has 0 spiro atoms. The predicted octanol–water partition coefficient (Wildman–Crippen LogP) is 3.65. The lowest BCUT2D eigenvalue weighted by molar-refractivity contribution is -0.129. The number of ether oxygens (including phenoxy) is 1. The third-order valence-corrected chi connectivity index (χ3v) is 7.29.